The average Bonchev–Trinajstić information content (AvgIpc) is 3.03. The summed E-state index contributed by atoms with van der Waals surface area (Å²) in [5, 5.41) is 19.6. The third kappa shape index (κ3) is 9.92. The lowest BCUT2D eigenvalue weighted by Crippen LogP contribution is -2.53. The minimum absolute atomic E-state index is 0. The Bertz CT molecular complexity index is 1400. The first-order chi connectivity index (χ1) is 20.7. The van der Waals surface area contributed by atoms with Crippen LogP contribution in [0, 0.1) is 5.41 Å². The molecule has 3 aromatic carbocycles. The molecule has 5 N–H and O–H groups in total. The second-order valence-corrected chi connectivity index (χ2v) is 11.3. The summed E-state index contributed by atoms with van der Waals surface area (Å²) < 4.78 is 5.25. The average molecular weight is 620 g/mol. The first-order valence-electron chi connectivity index (χ1n) is 14.8. The van der Waals surface area contributed by atoms with Gasteiger partial charge in [-0.25, -0.2) is 4.79 Å². The Labute approximate surface area is 265 Å². The number of halogens is 1. The van der Waals surface area contributed by atoms with Crippen molar-refractivity contribution >= 4 is 36.2 Å². The van der Waals surface area contributed by atoms with E-state index in [9.17, 15) is 14.4 Å². The van der Waals surface area contributed by atoms with Crippen LogP contribution in [0.4, 0.5) is 4.79 Å². The molecular formula is C34H42ClN5O4. The molecule has 9 nitrogen and oxygen atoms in total. The summed E-state index contributed by atoms with van der Waals surface area (Å²) in [4.78, 5) is 37.7. The smallest absolute Gasteiger partial charge is 0.413 e. The highest BCUT2D eigenvalue weighted by Gasteiger charge is 2.29. The monoisotopic (exact) mass is 619 g/mol. The van der Waals surface area contributed by atoms with Crippen molar-refractivity contribution in [1.29, 1.82) is 5.41 Å². The number of ether oxygens (including phenoxy) is 1. The summed E-state index contributed by atoms with van der Waals surface area (Å²) in [6.45, 7) is 7.02. The van der Waals surface area contributed by atoms with Crippen LogP contribution in [-0.4, -0.2) is 42.4 Å². The Morgan fingerprint density at radius 2 is 1.59 bits per heavy atom. The number of amidine groups is 1. The topological polar surface area (TPSA) is 132 Å². The SMILES string of the molecule is CC(C)c1ccc(COC(=O)NC(=N)c2ccc(CNC(=O)[C@H](C)NC(=O)[C@H]3C[C@@H](c4ccccc4)CCN3)cc2)cc1.Cl. The highest BCUT2D eigenvalue weighted by Crippen LogP contribution is 2.27. The van der Waals surface area contributed by atoms with Crippen molar-refractivity contribution in [2.45, 2.75) is 70.7 Å². The van der Waals surface area contributed by atoms with Crippen LogP contribution in [0.15, 0.2) is 78.9 Å². The van der Waals surface area contributed by atoms with Gasteiger partial charge >= 0.3 is 6.09 Å². The molecular weight excluding hydrogens is 578 g/mol. The van der Waals surface area contributed by atoms with Gasteiger partial charge in [0.2, 0.25) is 11.8 Å². The summed E-state index contributed by atoms with van der Waals surface area (Å²) in [6, 6.07) is 24.0. The number of nitrogens with one attached hydrogen (secondary N) is 5. The molecule has 3 atom stereocenters. The molecule has 10 heteroatoms. The Balaban J connectivity index is 0.00000529. The standard InChI is InChI=1S/C34H41N5O4.ClH/c1-22(2)26-13-11-25(12-14-26)21-43-34(42)39-31(35)28-15-9-24(10-16-28)20-37-32(40)23(3)38-33(41)30-19-29(17-18-36-30)27-7-5-4-6-8-27;/h4-16,22-23,29-30,36H,17-21H2,1-3H3,(H,37,40)(H,38,41)(H2,35,39,42);1H/t23-,29-,30+;/m0./s1. The summed E-state index contributed by atoms with van der Waals surface area (Å²) in [5.74, 6) is 0.179. The van der Waals surface area contributed by atoms with Crippen LogP contribution in [0.3, 0.4) is 0 Å². The number of alkyl carbamates (subject to hydrolysis) is 1. The number of carbonyl (C=O) groups is 3. The molecule has 0 bridgehead atoms. The zero-order valence-electron chi connectivity index (χ0n) is 25.4. The molecule has 1 aliphatic heterocycles. The van der Waals surface area contributed by atoms with Crippen LogP contribution in [0.25, 0.3) is 0 Å². The molecule has 0 saturated carbocycles. The van der Waals surface area contributed by atoms with E-state index < -0.39 is 12.1 Å². The number of piperidine rings is 1. The van der Waals surface area contributed by atoms with Crippen molar-refractivity contribution in [3.63, 3.8) is 0 Å². The molecule has 234 valence electrons. The lowest BCUT2D eigenvalue weighted by molar-refractivity contribution is -0.130. The number of hydrogen-bond acceptors (Lipinski definition) is 6. The van der Waals surface area contributed by atoms with Crippen LogP contribution in [-0.2, 0) is 27.5 Å². The predicted octanol–water partition coefficient (Wildman–Crippen LogP) is 5.14. The van der Waals surface area contributed by atoms with E-state index in [1.165, 1.54) is 11.1 Å². The fourth-order valence-electron chi connectivity index (χ4n) is 5.01. The van der Waals surface area contributed by atoms with E-state index in [-0.39, 0.29) is 49.3 Å². The van der Waals surface area contributed by atoms with E-state index in [1.807, 2.05) is 42.5 Å². The Morgan fingerprint density at radius 1 is 0.932 bits per heavy atom. The van der Waals surface area contributed by atoms with Crippen molar-refractivity contribution < 1.29 is 19.1 Å². The fourth-order valence-corrected chi connectivity index (χ4v) is 5.01. The molecule has 0 spiro atoms. The van der Waals surface area contributed by atoms with E-state index in [1.54, 1.807) is 31.2 Å². The van der Waals surface area contributed by atoms with Crippen LogP contribution >= 0.6 is 12.4 Å². The van der Waals surface area contributed by atoms with Gasteiger partial charge in [-0.15, -0.1) is 12.4 Å². The van der Waals surface area contributed by atoms with Gasteiger partial charge in [0, 0.05) is 12.1 Å². The van der Waals surface area contributed by atoms with Gasteiger partial charge in [-0.2, -0.15) is 0 Å². The van der Waals surface area contributed by atoms with E-state index in [2.05, 4.69) is 47.2 Å². The lowest BCUT2D eigenvalue weighted by Gasteiger charge is -2.30. The fraction of sp³-hybridized carbons (Fsp3) is 0.353. The third-order valence-corrected chi connectivity index (χ3v) is 7.70. The van der Waals surface area contributed by atoms with Crippen LogP contribution in [0.1, 0.15) is 73.3 Å². The van der Waals surface area contributed by atoms with Crippen molar-refractivity contribution in [1.82, 2.24) is 21.3 Å². The Morgan fingerprint density at radius 3 is 2.25 bits per heavy atom. The number of amides is 3. The van der Waals surface area contributed by atoms with Gasteiger partial charge in [-0.3, -0.25) is 20.3 Å². The maximum Gasteiger partial charge on any atom is 0.413 e. The molecule has 0 aromatic heterocycles. The first-order valence-corrected chi connectivity index (χ1v) is 14.8. The minimum Gasteiger partial charge on any atom is -0.444 e. The van der Waals surface area contributed by atoms with E-state index in [4.69, 9.17) is 10.1 Å². The number of benzene rings is 3. The lowest BCUT2D eigenvalue weighted by atomic mass is 9.86. The van der Waals surface area contributed by atoms with Crippen molar-refractivity contribution in [3.05, 3.63) is 107 Å². The van der Waals surface area contributed by atoms with Crippen molar-refractivity contribution in [3.8, 4) is 0 Å². The largest absolute Gasteiger partial charge is 0.444 e. The molecule has 1 fully saturated rings. The van der Waals surface area contributed by atoms with Crippen LogP contribution < -0.4 is 21.3 Å². The van der Waals surface area contributed by atoms with Gasteiger partial charge in [0.1, 0.15) is 18.5 Å². The minimum atomic E-state index is -0.704. The van der Waals surface area contributed by atoms with Gasteiger partial charge in [0.25, 0.3) is 0 Å². The van der Waals surface area contributed by atoms with Gasteiger partial charge < -0.3 is 20.7 Å². The molecule has 0 radical (unpaired) electrons. The number of carbonyl (C=O) groups excluding carboxylic acids is 3. The molecule has 4 rings (SSSR count). The Hall–Kier alpha value is -4.21. The molecule has 0 aliphatic carbocycles. The number of hydrogen-bond donors (Lipinski definition) is 5. The zero-order chi connectivity index (χ0) is 30.8. The van der Waals surface area contributed by atoms with Crippen LogP contribution in [0.5, 0.6) is 0 Å². The highest BCUT2D eigenvalue weighted by atomic mass is 35.5. The van der Waals surface area contributed by atoms with Gasteiger partial charge in [0.15, 0.2) is 0 Å². The van der Waals surface area contributed by atoms with Gasteiger partial charge in [-0.1, -0.05) is 92.7 Å². The highest BCUT2D eigenvalue weighted by molar-refractivity contribution is 6.04. The molecule has 44 heavy (non-hydrogen) atoms. The molecule has 1 saturated heterocycles. The quantitative estimate of drug-likeness (QED) is 0.158. The van der Waals surface area contributed by atoms with Gasteiger partial charge in [0.05, 0.1) is 6.04 Å². The molecule has 0 unspecified atom stereocenters. The predicted molar refractivity (Wildman–Crippen MR) is 174 cm³/mol. The van der Waals surface area contributed by atoms with E-state index in [0.29, 0.717) is 23.8 Å². The molecule has 3 amide bonds. The van der Waals surface area contributed by atoms with E-state index in [0.717, 1.165) is 24.1 Å². The second-order valence-electron chi connectivity index (χ2n) is 11.3. The Kier molecular flexibility index (Phi) is 12.9. The maximum atomic E-state index is 12.9. The van der Waals surface area contributed by atoms with Gasteiger partial charge in [-0.05, 0) is 60.4 Å². The first kappa shape index (κ1) is 34.3. The zero-order valence-corrected chi connectivity index (χ0v) is 26.2. The summed E-state index contributed by atoms with van der Waals surface area (Å²) in [7, 11) is 0. The normalized spacial score (nSPS) is 16.6. The molecule has 3 aromatic rings. The number of rotatable bonds is 10. The third-order valence-electron chi connectivity index (χ3n) is 7.70. The van der Waals surface area contributed by atoms with E-state index >= 15 is 0 Å². The summed E-state index contributed by atoms with van der Waals surface area (Å²) in [6.07, 6.45) is 0.949. The second kappa shape index (κ2) is 16.6. The maximum absolute atomic E-state index is 12.9. The molecule has 1 aliphatic rings. The summed E-state index contributed by atoms with van der Waals surface area (Å²) >= 11 is 0. The molecule has 1 heterocycles. The van der Waals surface area contributed by atoms with Crippen molar-refractivity contribution in [2.75, 3.05) is 6.54 Å². The van der Waals surface area contributed by atoms with Crippen molar-refractivity contribution in [2.24, 2.45) is 0 Å². The summed E-state index contributed by atoms with van der Waals surface area (Å²) in [5.41, 5.74) is 4.63. The van der Waals surface area contributed by atoms with Crippen LogP contribution in [0.2, 0.25) is 0 Å².